The van der Waals surface area contributed by atoms with Gasteiger partial charge in [0.1, 0.15) is 0 Å². The Morgan fingerprint density at radius 1 is 1.25 bits per heavy atom. The molecule has 1 saturated heterocycles. The number of hydrogen-bond donors (Lipinski definition) is 1. The Hall–Kier alpha value is -0.120. The summed E-state index contributed by atoms with van der Waals surface area (Å²) < 4.78 is 0. The normalized spacial score (nSPS) is 36.1. The Bertz CT molecular complexity index is 303. The third-order valence-electron chi connectivity index (χ3n) is 5.62. The van der Waals surface area contributed by atoms with Gasteiger partial charge in [-0.2, -0.15) is 0 Å². The lowest BCUT2D eigenvalue weighted by Crippen LogP contribution is -2.63. The molecule has 0 amide bonds. The summed E-state index contributed by atoms with van der Waals surface area (Å²) in [4.78, 5) is 5.28. The van der Waals surface area contributed by atoms with Gasteiger partial charge in [0.25, 0.3) is 0 Å². The molecule has 0 aromatic rings. The second-order valence-corrected chi connectivity index (χ2v) is 7.70. The van der Waals surface area contributed by atoms with Gasteiger partial charge < -0.3 is 10.2 Å². The highest BCUT2D eigenvalue weighted by atomic mass is 15.3. The van der Waals surface area contributed by atoms with Crippen LogP contribution < -0.4 is 5.32 Å². The average Bonchev–Trinajstić information content (AvgIpc) is 2.39. The number of hydrogen-bond acceptors (Lipinski definition) is 3. The van der Waals surface area contributed by atoms with Crippen molar-refractivity contribution in [3.05, 3.63) is 0 Å². The highest BCUT2D eigenvalue weighted by Crippen LogP contribution is 2.38. The zero-order chi connectivity index (χ0) is 14.8. The smallest absolute Gasteiger partial charge is 0.0274 e. The van der Waals surface area contributed by atoms with Crippen LogP contribution in [0, 0.1) is 5.41 Å². The van der Waals surface area contributed by atoms with Crippen LogP contribution in [0.1, 0.15) is 53.4 Å². The molecule has 2 fully saturated rings. The van der Waals surface area contributed by atoms with Crippen LogP contribution >= 0.6 is 0 Å². The molecule has 118 valence electrons. The Balaban J connectivity index is 2.06. The van der Waals surface area contributed by atoms with E-state index in [1.165, 1.54) is 45.3 Å². The van der Waals surface area contributed by atoms with Crippen molar-refractivity contribution in [1.29, 1.82) is 0 Å². The van der Waals surface area contributed by atoms with Crippen LogP contribution in [0.3, 0.4) is 0 Å². The highest BCUT2D eigenvalue weighted by Gasteiger charge is 2.42. The lowest BCUT2D eigenvalue weighted by Gasteiger charge is -2.51. The van der Waals surface area contributed by atoms with E-state index in [2.05, 4.69) is 49.9 Å². The van der Waals surface area contributed by atoms with Crippen molar-refractivity contribution in [3.63, 3.8) is 0 Å². The molecule has 3 nitrogen and oxygen atoms in total. The van der Waals surface area contributed by atoms with E-state index < -0.39 is 0 Å². The van der Waals surface area contributed by atoms with Crippen molar-refractivity contribution in [2.45, 2.75) is 71.5 Å². The molecule has 1 N–H and O–H groups in total. The summed E-state index contributed by atoms with van der Waals surface area (Å²) in [6.07, 6.45) is 5.37. The lowest BCUT2D eigenvalue weighted by molar-refractivity contribution is 0.00633. The molecule has 20 heavy (non-hydrogen) atoms. The van der Waals surface area contributed by atoms with Crippen LogP contribution in [0.25, 0.3) is 0 Å². The number of likely N-dealkylation sites (N-methyl/N-ethyl adjacent to an activating group) is 1. The minimum absolute atomic E-state index is 0.435. The lowest BCUT2D eigenvalue weighted by atomic mass is 9.70. The molecule has 3 atom stereocenters. The molecule has 3 unspecified atom stereocenters. The van der Waals surface area contributed by atoms with Gasteiger partial charge in [-0.25, -0.2) is 0 Å². The molecule has 2 rings (SSSR count). The zero-order valence-electron chi connectivity index (χ0n) is 14.3. The topological polar surface area (TPSA) is 18.5 Å². The zero-order valence-corrected chi connectivity index (χ0v) is 14.3. The van der Waals surface area contributed by atoms with Gasteiger partial charge in [0.2, 0.25) is 0 Å². The van der Waals surface area contributed by atoms with E-state index in [0.29, 0.717) is 17.5 Å². The first-order valence-corrected chi connectivity index (χ1v) is 8.63. The van der Waals surface area contributed by atoms with E-state index in [4.69, 9.17) is 0 Å². The molecule has 2 aliphatic rings. The molecule has 0 aromatic carbocycles. The molecular weight excluding hydrogens is 246 g/mol. The number of piperazine rings is 1. The first-order chi connectivity index (χ1) is 9.45. The molecule has 1 heterocycles. The first-order valence-electron chi connectivity index (χ1n) is 8.63. The standard InChI is InChI=1S/C17H35N3/c1-6-10-18-16-15(8-7-9-17(16,3)4)20-12-11-19(5)14(2)13-20/h14-16,18H,6-13H2,1-5H3. The molecule has 1 aliphatic carbocycles. The van der Waals surface area contributed by atoms with Crippen molar-refractivity contribution >= 4 is 0 Å². The molecule has 0 radical (unpaired) electrons. The maximum absolute atomic E-state index is 3.88. The number of nitrogens with one attached hydrogen (secondary N) is 1. The summed E-state index contributed by atoms with van der Waals surface area (Å²) in [6, 6.07) is 2.09. The minimum atomic E-state index is 0.435. The molecular formula is C17H35N3. The summed E-state index contributed by atoms with van der Waals surface area (Å²) in [5.41, 5.74) is 0.435. The third kappa shape index (κ3) is 3.55. The van der Waals surface area contributed by atoms with Crippen LogP contribution in [0.5, 0.6) is 0 Å². The predicted molar refractivity (Wildman–Crippen MR) is 87.2 cm³/mol. The van der Waals surface area contributed by atoms with Gasteiger partial charge >= 0.3 is 0 Å². The van der Waals surface area contributed by atoms with Crippen molar-refractivity contribution < 1.29 is 0 Å². The number of nitrogens with zero attached hydrogens (tertiary/aromatic N) is 2. The van der Waals surface area contributed by atoms with Gasteiger partial charge in [-0.15, -0.1) is 0 Å². The van der Waals surface area contributed by atoms with Crippen LogP contribution in [0.2, 0.25) is 0 Å². The van der Waals surface area contributed by atoms with Crippen molar-refractivity contribution in [2.24, 2.45) is 5.41 Å². The Morgan fingerprint density at radius 3 is 2.65 bits per heavy atom. The maximum atomic E-state index is 3.88. The fourth-order valence-corrected chi connectivity index (χ4v) is 4.09. The summed E-state index contributed by atoms with van der Waals surface area (Å²) in [5.74, 6) is 0. The SMILES string of the molecule is CCCNC1C(N2CCN(C)C(C)C2)CCCC1(C)C. The predicted octanol–water partition coefficient (Wildman–Crippen LogP) is 2.57. The maximum Gasteiger partial charge on any atom is 0.0274 e. The van der Waals surface area contributed by atoms with Gasteiger partial charge in [-0.1, -0.05) is 27.2 Å². The second kappa shape index (κ2) is 6.76. The van der Waals surface area contributed by atoms with E-state index in [0.717, 1.165) is 12.6 Å². The monoisotopic (exact) mass is 281 g/mol. The van der Waals surface area contributed by atoms with Crippen molar-refractivity contribution in [1.82, 2.24) is 15.1 Å². The van der Waals surface area contributed by atoms with E-state index >= 15 is 0 Å². The van der Waals surface area contributed by atoms with Crippen LogP contribution in [-0.2, 0) is 0 Å². The van der Waals surface area contributed by atoms with Gasteiger partial charge in [0, 0.05) is 37.8 Å². The van der Waals surface area contributed by atoms with E-state index in [9.17, 15) is 0 Å². The Labute approximate surface area is 126 Å². The summed E-state index contributed by atoms with van der Waals surface area (Å²) in [7, 11) is 2.26. The fraction of sp³-hybridized carbons (Fsp3) is 1.00. The largest absolute Gasteiger partial charge is 0.312 e. The third-order valence-corrected chi connectivity index (χ3v) is 5.62. The first kappa shape index (κ1) is 16.3. The minimum Gasteiger partial charge on any atom is -0.312 e. The highest BCUT2D eigenvalue weighted by molar-refractivity contribution is 4.99. The average molecular weight is 281 g/mol. The summed E-state index contributed by atoms with van der Waals surface area (Å²) >= 11 is 0. The Morgan fingerprint density at radius 2 is 2.00 bits per heavy atom. The van der Waals surface area contributed by atoms with Crippen molar-refractivity contribution in [3.8, 4) is 0 Å². The van der Waals surface area contributed by atoms with Gasteiger partial charge in [0.05, 0.1) is 0 Å². The van der Waals surface area contributed by atoms with Gasteiger partial charge in [0.15, 0.2) is 0 Å². The van der Waals surface area contributed by atoms with E-state index in [1.807, 2.05) is 0 Å². The summed E-state index contributed by atoms with van der Waals surface area (Å²) in [5, 5.41) is 3.88. The molecule has 1 saturated carbocycles. The molecule has 1 aliphatic heterocycles. The van der Waals surface area contributed by atoms with E-state index in [1.54, 1.807) is 0 Å². The van der Waals surface area contributed by atoms with Gasteiger partial charge in [-0.05, 0) is 45.2 Å². The Kier molecular flexibility index (Phi) is 5.49. The molecule has 3 heteroatoms. The second-order valence-electron chi connectivity index (χ2n) is 7.70. The number of rotatable bonds is 4. The molecule has 0 aromatic heterocycles. The van der Waals surface area contributed by atoms with Crippen molar-refractivity contribution in [2.75, 3.05) is 33.2 Å². The van der Waals surface area contributed by atoms with E-state index in [-0.39, 0.29) is 0 Å². The molecule has 0 bridgehead atoms. The van der Waals surface area contributed by atoms with Crippen LogP contribution in [-0.4, -0.2) is 61.2 Å². The quantitative estimate of drug-likeness (QED) is 0.854. The van der Waals surface area contributed by atoms with Crippen LogP contribution in [0.4, 0.5) is 0 Å². The van der Waals surface area contributed by atoms with Crippen LogP contribution in [0.15, 0.2) is 0 Å². The summed E-state index contributed by atoms with van der Waals surface area (Å²) in [6.45, 7) is 14.4. The molecule has 0 spiro atoms. The fourth-order valence-electron chi connectivity index (χ4n) is 4.09. The van der Waals surface area contributed by atoms with Gasteiger partial charge in [-0.3, -0.25) is 4.90 Å².